The van der Waals surface area contributed by atoms with Gasteiger partial charge in [-0.25, -0.2) is 0 Å². The molecule has 4 N–H and O–H groups in total. The minimum atomic E-state index is -0.349. The normalized spacial score (nSPS) is 10.0. The first-order chi connectivity index (χ1) is 7.04. The predicted molar refractivity (Wildman–Crippen MR) is 60.6 cm³/mol. The Morgan fingerprint density at radius 1 is 1.40 bits per heavy atom. The van der Waals surface area contributed by atoms with Crippen molar-refractivity contribution in [2.45, 2.75) is 13.3 Å². The second kappa shape index (κ2) is 4.89. The highest BCUT2D eigenvalue weighted by molar-refractivity contribution is 6.31. The molecule has 0 saturated carbocycles. The first-order valence-electron chi connectivity index (χ1n) is 4.53. The van der Waals surface area contributed by atoms with Crippen LogP contribution in [0.4, 0.5) is 11.4 Å². The van der Waals surface area contributed by atoms with Gasteiger partial charge in [0.2, 0.25) is 0 Å². The zero-order valence-corrected chi connectivity index (χ0v) is 9.17. The summed E-state index contributed by atoms with van der Waals surface area (Å²) in [4.78, 5) is 11.2. The number of rotatable bonds is 3. The van der Waals surface area contributed by atoms with Crippen molar-refractivity contribution in [3.05, 3.63) is 22.7 Å². The molecule has 0 bridgehead atoms. The number of hydrogen-bond donors (Lipinski definition) is 2. The Hall–Kier alpha value is -1.42. The highest BCUT2D eigenvalue weighted by Gasteiger charge is 2.11. The summed E-state index contributed by atoms with van der Waals surface area (Å²) in [6.07, 6.45) is 0.0721. The lowest BCUT2D eigenvalue weighted by molar-refractivity contribution is -0.142. The van der Waals surface area contributed by atoms with E-state index in [4.69, 9.17) is 27.8 Å². The van der Waals surface area contributed by atoms with Gasteiger partial charge < -0.3 is 16.2 Å². The molecule has 0 aromatic heterocycles. The molecule has 0 saturated heterocycles. The van der Waals surface area contributed by atoms with Gasteiger partial charge in [0, 0.05) is 22.0 Å². The van der Waals surface area contributed by atoms with Gasteiger partial charge >= 0.3 is 5.97 Å². The van der Waals surface area contributed by atoms with Gasteiger partial charge in [-0.1, -0.05) is 11.6 Å². The fourth-order valence-electron chi connectivity index (χ4n) is 1.24. The van der Waals surface area contributed by atoms with E-state index in [2.05, 4.69) is 0 Å². The number of esters is 1. The molecule has 5 heteroatoms. The smallest absolute Gasteiger partial charge is 0.310 e. The van der Waals surface area contributed by atoms with Crippen LogP contribution in [0.2, 0.25) is 5.02 Å². The van der Waals surface area contributed by atoms with E-state index in [1.165, 1.54) is 0 Å². The van der Waals surface area contributed by atoms with Gasteiger partial charge in [-0.05, 0) is 19.1 Å². The molecule has 1 aromatic carbocycles. The van der Waals surface area contributed by atoms with Crippen LogP contribution in [0.25, 0.3) is 0 Å². The molecular formula is C10H13ClN2O2. The molecule has 15 heavy (non-hydrogen) atoms. The highest BCUT2D eigenvalue weighted by atomic mass is 35.5. The topological polar surface area (TPSA) is 78.3 Å². The summed E-state index contributed by atoms with van der Waals surface area (Å²) in [5.74, 6) is -0.349. The van der Waals surface area contributed by atoms with Crippen molar-refractivity contribution in [1.29, 1.82) is 0 Å². The van der Waals surface area contributed by atoms with E-state index in [1.807, 2.05) is 0 Å². The van der Waals surface area contributed by atoms with Crippen molar-refractivity contribution in [3.8, 4) is 0 Å². The van der Waals surface area contributed by atoms with Crippen LogP contribution in [0.5, 0.6) is 0 Å². The van der Waals surface area contributed by atoms with Crippen LogP contribution in [-0.4, -0.2) is 12.6 Å². The van der Waals surface area contributed by atoms with Crippen molar-refractivity contribution >= 4 is 28.9 Å². The molecule has 0 aliphatic rings. The molecule has 0 aliphatic heterocycles. The van der Waals surface area contributed by atoms with Crippen LogP contribution in [0.1, 0.15) is 12.5 Å². The van der Waals surface area contributed by atoms with E-state index >= 15 is 0 Å². The maximum absolute atomic E-state index is 11.2. The lowest BCUT2D eigenvalue weighted by Gasteiger charge is -2.09. The van der Waals surface area contributed by atoms with Gasteiger partial charge in [0.1, 0.15) is 0 Å². The molecule has 0 radical (unpaired) electrons. The molecule has 0 spiro atoms. The van der Waals surface area contributed by atoms with Gasteiger partial charge in [0.25, 0.3) is 0 Å². The molecule has 1 rings (SSSR count). The van der Waals surface area contributed by atoms with Crippen molar-refractivity contribution in [2.24, 2.45) is 0 Å². The minimum absolute atomic E-state index is 0.0721. The molecule has 0 unspecified atom stereocenters. The SMILES string of the molecule is CCOC(=O)Cc1c(N)cc(Cl)cc1N. The molecule has 0 aliphatic carbocycles. The number of carbonyl (C=O) groups is 1. The van der Waals surface area contributed by atoms with Crippen LogP contribution >= 0.6 is 11.6 Å². The summed E-state index contributed by atoms with van der Waals surface area (Å²) in [5, 5.41) is 0.456. The quantitative estimate of drug-likeness (QED) is 0.609. The largest absolute Gasteiger partial charge is 0.466 e. The van der Waals surface area contributed by atoms with Crippen LogP contribution in [0, 0.1) is 0 Å². The van der Waals surface area contributed by atoms with Crippen molar-refractivity contribution in [1.82, 2.24) is 0 Å². The van der Waals surface area contributed by atoms with E-state index in [0.29, 0.717) is 28.6 Å². The van der Waals surface area contributed by atoms with Gasteiger partial charge in [0.05, 0.1) is 13.0 Å². The van der Waals surface area contributed by atoms with E-state index in [9.17, 15) is 4.79 Å². The van der Waals surface area contributed by atoms with Crippen molar-refractivity contribution < 1.29 is 9.53 Å². The van der Waals surface area contributed by atoms with E-state index in [-0.39, 0.29) is 12.4 Å². The number of nitrogens with two attached hydrogens (primary N) is 2. The van der Waals surface area contributed by atoms with Crippen LogP contribution in [-0.2, 0) is 16.0 Å². The maximum atomic E-state index is 11.2. The molecular weight excluding hydrogens is 216 g/mol. The number of anilines is 2. The number of benzene rings is 1. The zero-order chi connectivity index (χ0) is 11.4. The number of ether oxygens (including phenoxy) is 1. The van der Waals surface area contributed by atoms with Gasteiger partial charge in [-0.2, -0.15) is 0 Å². The second-order valence-corrected chi connectivity index (χ2v) is 3.48. The van der Waals surface area contributed by atoms with Crippen LogP contribution < -0.4 is 11.5 Å². The molecule has 1 aromatic rings. The second-order valence-electron chi connectivity index (χ2n) is 3.04. The van der Waals surface area contributed by atoms with Crippen LogP contribution in [0.15, 0.2) is 12.1 Å². The van der Waals surface area contributed by atoms with Gasteiger partial charge in [0.15, 0.2) is 0 Å². The molecule has 0 heterocycles. The third-order valence-electron chi connectivity index (χ3n) is 1.91. The Bertz CT molecular complexity index is 357. The Morgan fingerprint density at radius 3 is 2.40 bits per heavy atom. The lowest BCUT2D eigenvalue weighted by Crippen LogP contribution is -2.11. The Labute approximate surface area is 93.1 Å². The first-order valence-corrected chi connectivity index (χ1v) is 4.91. The number of hydrogen-bond acceptors (Lipinski definition) is 4. The Balaban J connectivity index is 2.90. The maximum Gasteiger partial charge on any atom is 0.310 e. The summed E-state index contributed by atoms with van der Waals surface area (Å²) in [7, 11) is 0. The summed E-state index contributed by atoms with van der Waals surface area (Å²) < 4.78 is 4.80. The monoisotopic (exact) mass is 228 g/mol. The van der Waals surface area contributed by atoms with E-state index < -0.39 is 0 Å². The zero-order valence-electron chi connectivity index (χ0n) is 8.42. The summed E-state index contributed by atoms with van der Waals surface area (Å²) >= 11 is 5.74. The molecule has 0 amide bonds. The van der Waals surface area contributed by atoms with Crippen LogP contribution in [0.3, 0.4) is 0 Å². The third kappa shape index (κ3) is 3.02. The summed E-state index contributed by atoms with van der Waals surface area (Å²) in [6.45, 7) is 2.08. The Kier molecular flexibility index (Phi) is 3.80. The minimum Gasteiger partial charge on any atom is -0.466 e. The highest BCUT2D eigenvalue weighted by Crippen LogP contribution is 2.25. The molecule has 4 nitrogen and oxygen atoms in total. The third-order valence-corrected chi connectivity index (χ3v) is 2.13. The fourth-order valence-corrected chi connectivity index (χ4v) is 1.48. The average Bonchev–Trinajstić information content (AvgIpc) is 2.11. The molecule has 0 atom stereocenters. The van der Waals surface area contributed by atoms with E-state index in [1.54, 1.807) is 19.1 Å². The summed E-state index contributed by atoms with van der Waals surface area (Å²) in [5.41, 5.74) is 12.8. The number of nitrogen functional groups attached to an aromatic ring is 2. The number of carbonyl (C=O) groups excluding carboxylic acids is 1. The standard InChI is InChI=1S/C10H13ClN2O2/c1-2-15-10(14)5-7-8(12)3-6(11)4-9(7)13/h3-4H,2,5,12-13H2,1H3. The van der Waals surface area contributed by atoms with Gasteiger partial charge in [-0.15, -0.1) is 0 Å². The van der Waals surface area contributed by atoms with Gasteiger partial charge in [-0.3, -0.25) is 4.79 Å². The molecule has 82 valence electrons. The van der Waals surface area contributed by atoms with Crippen molar-refractivity contribution in [3.63, 3.8) is 0 Å². The predicted octanol–water partition coefficient (Wildman–Crippen LogP) is 1.61. The Morgan fingerprint density at radius 2 is 1.93 bits per heavy atom. The van der Waals surface area contributed by atoms with Crippen molar-refractivity contribution in [2.75, 3.05) is 18.1 Å². The molecule has 0 fully saturated rings. The average molecular weight is 229 g/mol. The number of halogens is 1. The first kappa shape index (κ1) is 11.7. The van der Waals surface area contributed by atoms with E-state index in [0.717, 1.165) is 0 Å². The lowest BCUT2D eigenvalue weighted by atomic mass is 10.1. The summed E-state index contributed by atoms with van der Waals surface area (Å²) in [6, 6.07) is 3.12. The fraction of sp³-hybridized carbons (Fsp3) is 0.300.